The lowest BCUT2D eigenvalue weighted by Gasteiger charge is -2.25. The molecule has 3 amide bonds. The normalized spacial score (nSPS) is 14.6. The standard InChI is InChI=1S/C21H37N7O5S/c1-12(2)7-16(27-18(29)14(23)10-34)19(30)28-17(8-13-9-24-11-25-13)20(31)26-15(21(32)33)5-3-4-6-22/h9,11-12,14-17,34H,3-8,10,22-23H2,1-2H3,(H,24,25)(H,26,31)(H,27,29)(H,28,30)(H,32,33). The molecule has 0 fully saturated rings. The lowest BCUT2D eigenvalue weighted by Crippen LogP contribution is -2.58. The molecule has 9 N–H and O–H groups in total. The number of aromatic nitrogens is 2. The number of carbonyl (C=O) groups is 4. The van der Waals surface area contributed by atoms with E-state index in [-0.39, 0.29) is 24.5 Å². The van der Waals surface area contributed by atoms with Crippen molar-refractivity contribution in [3.63, 3.8) is 0 Å². The third kappa shape index (κ3) is 10.5. The minimum Gasteiger partial charge on any atom is -0.480 e. The summed E-state index contributed by atoms with van der Waals surface area (Å²) in [4.78, 5) is 56.7. The van der Waals surface area contributed by atoms with E-state index in [0.717, 1.165) is 0 Å². The van der Waals surface area contributed by atoms with E-state index >= 15 is 0 Å². The maximum atomic E-state index is 13.1. The number of nitrogens with one attached hydrogen (secondary N) is 4. The number of carboxylic acid groups (broad SMARTS) is 1. The number of thiol groups is 1. The highest BCUT2D eigenvalue weighted by Gasteiger charge is 2.30. The SMILES string of the molecule is CC(C)CC(NC(=O)C(N)CS)C(=O)NC(Cc1cnc[nH]1)C(=O)NC(CCCCN)C(=O)O. The molecule has 0 bridgehead atoms. The lowest BCUT2D eigenvalue weighted by atomic mass is 10.0. The average Bonchev–Trinajstić information content (AvgIpc) is 3.29. The summed E-state index contributed by atoms with van der Waals surface area (Å²) in [7, 11) is 0. The summed E-state index contributed by atoms with van der Waals surface area (Å²) < 4.78 is 0. The van der Waals surface area contributed by atoms with E-state index in [4.69, 9.17) is 11.5 Å². The van der Waals surface area contributed by atoms with Crippen LogP contribution in [-0.4, -0.2) is 75.2 Å². The van der Waals surface area contributed by atoms with Crippen LogP contribution >= 0.6 is 12.6 Å². The number of H-pyrrole nitrogens is 1. The zero-order chi connectivity index (χ0) is 25.7. The molecule has 0 spiro atoms. The highest BCUT2D eigenvalue weighted by molar-refractivity contribution is 7.80. The van der Waals surface area contributed by atoms with Gasteiger partial charge in [-0.1, -0.05) is 13.8 Å². The first kappa shape index (κ1) is 29.4. The monoisotopic (exact) mass is 499 g/mol. The van der Waals surface area contributed by atoms with Crippen LogP contribution in [0.25, 0.3) is 0 Å². The van der Waals surface area contributed by atoms with Gasteiger partial charge >= 0.3 is 5.97 Å². The van der Waals surface area contributed by atoms with Gasteiger partial charge in [0.25, 0.3) is 0 Å². The molecule has 1 rings (SSSR count). The Balaban J connectivity index is 3.02. The van der Waals surface area contributed by atoms with Crippen molar-refractivity contribution in [2.75, 3.05) is 12.3 Å². The molecule has 0 aromatic carbocycles. The molecule has 1 aromatic heterocycles. The van der Waals surface area contributed by atoms with Gasteiger partial charge in [0.15, 0.2) is 0 Å². The Morgan fingerprint density at radius 1 is 1.06 bits per heavy atom. The highest BCUT2D eigenvalue weighted by atomic mass is 32.1. The van der Waals surface area contributed by atoms with Crippen molar-refractivity contribution in [2.45, 2.75) is 70.1 Å². The van der Waals surface area contributed by atoms with Crippen LogP contribution in [0.4, 0.5) is 0 Å². The Labute approximate surface area is 204 Å². The molecule has 0 aliphatic carbocycles. The number of imidazole rings is 1. The molecule has 4 atom stereocenters. The van der Waals surface area contributed by atoms with Crippen molar-refractivity contribution in [3.05, 3.63) is 18.2 Å². The van der Waals surface area contributed by atoms with Gasteiger partial charge in [-0.15, -0.1) is 0 Å². The molecule has 192 valence electrons. The number of aliphatic carboxylic acids is 1. The quantitative estimate of drug-likeness (QED) is 0.103. The number of amides is 3. The van der Waals surface area contributed by atoms with Crippen LogP contribution in [-0.2, 0) is 25.6 Å². The van der Waals surface area contributed by atoms with E-state index in [0.29, 0.717) is 31.5 Å². The van der Waals surface area contributed by atoms with E-state index in [1.54, 1.807) is 0 Å². The van der Waals surface area contributed by atoms with Gasteiger partial charge in [-0.2, -0.15) is 12.6 Å². The largest absolute Gasteiger partial charge is 0.480 e. The van der Waals surface area contributed by atoms with Gasteiger partial charge in [-0.25, -0.2) is 9.78 Å². The fourth-order valence-corrected chi connectivity index (χ4v) is 3.35. The summed E-state index contributed by atoms with van der Waals surface area (Å²) in [6, 6.07) is -4.05. The van der Waals surface area contributed by atoms with Gasteiger partial charge in [0.1, 0.15) is 18.1 Å². The van der Waals surface area contributed by atoms with Crippen molar-refractivity contribution in [2.24, 2.45) is 17.4 Å². The fraction of sp³-hybridized carbons (Fsp3) is 0.667. The van der Waals surface area contributed by atoms with Crippen LogP contribution in [0.3, 0.4) is 0 Å². The zero-order valence-corrected chi connectivity index (χ0v) is 20.5. The molecule has 1 aromatic rings. The molecular weight excluding hydrogens is 462 g/mol. The van der Waals surface area contributed by atoms with Crippen molar-refractivity contribution < 1.29 is 24.3 Å². The maximum Gasteiger partial charge on any atom is 0.326 e. The average molecular weight is 500 g/mol. The number of aromatic amines is 1. The maximum absolute atomic E-state index is 13.1. The van der Waals surface area contributed by atoms with Gasteiger partial charge < -0.3 is 37.5 Å². The lowest BCUT2D eigenvalue weighted by molar-refractivity contribution is -0.142. The number of nitrogens with two attached hydrogens (primary N) is 2. The zero-order valence-electron chi connectivity index (χ0n) is 19.6. The summed E-state index contributed by atoms with van der Waals surface area (Å²) in [6.07, 6.45) is 4.65. The molecule has 1 heterocycles. The number of hydrogen-bond acceptors (Lipinski definition) is 8. The van der Waals surface area contributed by atoms with Gasteiger partial charge in [0, 0.05) is 24.1 Å². The molecule has 0 saturated heterocycles. The molecule has 13 heteroatoms. The van der Waals surface area contributed by atoms with Crippen molar-refractivity contribution >= 4 is 36.3 Å². The van der Waals surface area contributed by atoms with Gasteiger partial charge in [0.05, 0.1) is 12.4 Å². The van der Waals surface area contributed by atoms with Gasteiger partial charge in [-0.3, -0.25) is 14.4 Å². The topological polar surface area (TPSA) is 205 Å². The molecule has 0 radical (unpaired) electrons. The molecule has 0 saturated carbocycles. The molecule has 34 heavy (non-hydrogen) atoms. The Kier molecular flexibility index (Phi) is 13.2. The van der Waals surface area contributed by atoms with Crippen LogP contribution in [0, 0.1) is 5.92 Å². The summed E-state index contributed by atoms with van der Waals surface area (Å²) >= 11 is 4.01. The third-order valence-corrected chi connectivity index (χ3v) is 5.44. The van der Waals surface area contributed by atoms with Crippen LogP contribution in [0.1, 0.15) is 45.2 Å². The van der Waals surface area contributed by atoms with Crippen molar-refractivity contribution in [3.8, 4) is 0 Å². The Hall–Kier alpha value is -2.64. The van der Waals surface area contributed by atoms with Crippen LogP contribution < -0.4 is 27.4 Å². The number of hydrogen-bond donors (Lipinski definition) is 8. The predicted molar refractivity (Wildman–Crippen MR) is 130 cm³/mol. The number of carboxylic acids is 1. The summed E-state index contributed by atoms with van der Waals surface area (Å²) in [5.74, 6) is -2.79. The van der Waals surface area contributed by atoms with E-state index in [1.165, 1.54) is 12.5 Å². The second kappa shape index (κ2) is 15.3. The first-order chi connectivity index (χ1) is 16.1. The van der Waals surface area contributed by atoms with Gasteiger partial charge in [-0.05, 0) is 38.1 Å². The van der Waals surface area contributed by atoms with Crippen LogP contribution in [0.2, 0.25) is 0 Å². The minimum atomic E-state index is -1.18. The smallest absolute Gasteiger partial charge is 0.326 e. The van der Waals surface area contributed by atoms with Crippen LogP contribution in [0.15, 0.2) is 12.5 Å². The minimum absolute atomic E-state index is 0.0468. The van der Waals surface area contributed by atoms with E-state index in [2.05, 4.69) is 38.5 Å². The van der Waals surface area contributed by atoms with Crippen molar-refractivity contribution in [1.82, 2.24) is 25.9 Å². The second-order valence-electron chi connectivity index (χ2n) is 8.51. The number of unbranched alkanes of at least 4 members (excludes halogenated alkanes) is 1. The molecule has 12 nitrogen and oxygen atoms in total. The number of rotatable bonds is 16. The Bertz CT molecular complexity index is 790. The van der Waals surface area contributed by atoms with E-state index in [9.17, 15) is 24.3 Å². The summed E-state index contributed by atoms with van der Waals surface area (Å²) in [5, 5.41) is 17.2. The van der Waals surface area contributed by atoms with E-state index < -0.39 is 47.9 Å². The Morgan fingerprint density at radius 2 is 1.68 bits per heavy atom. The van der Waals surface area contributed by atoms with E-state index in [1.807, 2.05) is 13.8 Å². The van der Waals surface area contributed by atoms with Gasteiger partial charge in [0.2, 0.25) is 17.7 Å². The molecule has 0 aliphatic heterocycles. The molecule has 4 unspecified atom stereocenters. The first-order valence-electron chi connectivity index (χ1n) is 11.3. The Morgan fingerprint density at radius 3 is 2.21 bits per heavy atom. The molecule has 0 aliphatic rings. The predicted octanol–water partition coefficient (Wildman–Crippen LogP) is -1.08. The second-order valence-corrected chi connectivity index (χ2v) is 8.87. The fourth-order valence-electron chi connectivity index (χ4n) is 3.18. The summed E-state index contributed by atoms with van der Waals surface area (Å²) in [5.41, 5.74) is 11.7. The van der Waals surface area contributed by atoms with Crippen LogP contribution in [0.5, 0.6) is 0 Å². The molecular formula is C21H37N7O5S. The highest BCUT2D eigenvalue weighted by Crippen LogP contribution is 2.08. The summed E-state index contributed by atoms with van der Waals surface area (Å²) in [6.45, 7) is 4.19. The number of carbonyl (C=O) groups excluding carboxylic acids is 3. The first-order valence-corrected chi connectivity index (χ1v) is 11.9. The van der Waals surface area contributed by atoms with Crippen molar-refractivity contribution in [1.29, 1.82) is 0 Å². The number of nitrogens with zero attached hydrogens (tertiary/aromatic N) is 1. The third-order valence-electron chi connectivity index (χ3n) is 5.05.